The molecule has 1 N–H and O–H groups in total. The average Bonchev–Trinajstić information content (AvgIpc) is 2.69. The number of esters is 1. The lowest BCUT2D eigenvalue weighted by atomic mass is 9.79. The van der Waals surface area contributed by atoms with E-state index < -0.39 is 18.2 Å². The topological polar surface area (TPSA) is 46.5 Å². The van der Waals surface area contributed by atoms with Crippen LogP contribution in [-0.2, 0) is 22.6 Å². The van der Waals surface area contributed by atoms with Crippen LogP contribution < -0.4 is 0 Å². The van der Waals surface area contributed by atoms with Gasteiger partial charge in [0, 0.05) is 5.56 Å². The molecule has 1 aliphatic carbocycles. The van der Waals surface area contributed by atoms with Crippen molar-refractivity contribution in [3.63, 3.8) is 0 Å². The van der Waals surface area contributed by atoms with Crippen molar-refractivity contribution >= 4 is 5.97 Å². The molecule has 0 aromatic heterocycles. The fraction of sp³-hybridized carbons (Fsp3) is 0.696. The first kappa shape index (κ1) is 21.2. The summed E-state index contributed by atoms with van der Waals surface area (Å²) in [7, 11) is 0. The second kappa shape index (κ2) is 9.82. The first-order chi connectivity index (χ1) is 13.5. The molecule has 0 amide bonds. The molecule has 1 aromatic carbocycles. The summed E-state index contributed by atoms with van der Waals surface area (Å²) in [6.07, 6.45) is 9.39. The summed E-state index contributed by atoms with van der Waals surface area (Å²) >= 11 is 0. The van der Waals surface area contributed by atoms with Crippen molar-refractivity contribution in [2.45, 2.75) is 83.8 Å². The van der Waals surface area contributed by atoms with Gasteiger partial charge in [0.1, 0.15) is 6.10 Å². The number of rotatable bonds is 7. The van der Waals surface area contributed by atoms with Gasteiger partial charge in [-0.05, 0) is 55.9 Å². The number of halogens is 2. The number of aliphatic hydroxyl groups is 1. The average molecular weight is 395 g/mol. The number of hydrogen-bond acceptors (Lipinski definition) is 3. The summed E-state index contributed by atoms with van der Waals surface area (Å²) < 4.78 is 33.4. The Balaban J connectivity index is 1.43. The molecular formula is C23H32F2O3. The summed E-state index contributed by atoms with van der Waals surface area (Å²) in [6.45, 7) is 1.79. The molecule has 0 radical (unpaired) electrons. The molecule has 1 aliphatic heterocycles. The highest BCUT2D eigenvalue weighted by atomic mass is 19.2. The highest BCUT2D eigenvalue weighted by molar-refractivity contribution is 5.73. The molecule has 3 nitrogen and oxygen atoms in total. The summed E-state index contributed by atoms with van der Waals surface area (Å²) in [5, 5.41) is 9.00. The van der Waals surface area contributed by atoms with Crippen LogP contribution in [0.3, 0.4) is 0 Å². The van der Waals surface area contributed by atoms with Crippen molar-refractivity contribution in [1.29, 1.82) is 0 Å². The standard InChI is InChI=1S/C23H32F2O3/c1-15-2-4-16(5-3-15)6-7-18-11-13-20(28-23(18)27)12-10-17-8-9-19(14-26)22(25)21(17)24/h8-9,15-16,18,20,26H,2-7,10-14H2,1H3. The van der Waals surface area contributed by atoms with Crippen LogP contribution in [0.4, 0.5) is 8.78 Å². The second-order valence-corrected chi connectivity index (χ2v) is 8.74. The molecule has 2 aliphatic rings. The van der Waals surface area contributed by atoms with Crippen LogP contribution in [0.5, 0.6) is 0 Å². The maximum Gasteiger partial charge on any atom is 0.309 e. The summed E-state index contributed by atoms with van der Waals surface area (Å²) in [5.74, 6) is -0.432. The van der Waals surface area contributed by atoms with Crippen LogP contribution in [0, 0.1) is 29.4 Å². The maximum atomic E-state index is 14.0. The molecule has 2 atom stereocenters. The van der Waals surface area contributed by atoms with Gasteiger partial charge in [-0.1, -0.05) is 44.7 Å². The van der Waals surface area contributed by atoms with Gasteiger partial charge in [0.05, 0.1) is 12.5 Å². The van der Waals surface area contributed by atoms with E-state index in [1.165, 1.54) is 37.8 Å². The molecule has 0 spiro atoms. The summed E-state index contributed by atoms with van der Waals surface area (Å²) in [4.78, 5) is 12.4. The molecule has 2 unspecified atom stereocenters. The zero-order valence-electron chi connectivity index (χ0n) is 16.8. The molecular weight excluding hydrogens is 362 g/mol. The van der Waals surface area contributed by atoms with Crippen molar-refractivity contribution in [2.75, 3.05) is 0 Å². The second-order valence-electron chi connectivity index (χ2n) is 8.74. The lowest BCUT2D eigenvalue weighted by molar-refractivity contribution is -0.161. The molecule has 2 fully saturated rings. The zero-order valence-corrected chi connectivity index (χ0v) is 16.8. The van der Waals surface area contributed by atoms with Gasteiger partial charge in [-0.2, -0.15) is 0 Å². The Morgan fingerprint density at radius 2 is 1.64 bits per heavy atom. The lowest BCUT2D eigenvalue weighted by Gasteiger charge is -2.30. The number of aryl methyl sites for hydroxylation is 1. The third kappa shape index (κ3) is 5.31. The van der Waals surface area contributed by atoms with Gasteiger partial charge >= 0.3 is 5.97 Å². The number of carbonyl (C=O) groups excluding carboxylic acids is 1. The number of benzene rings is 1. The lowest BCUT2D eigenvalue weighted by Crippen LogP contribution is -2.32. The highest BCUT2D eigenvalue weighted by Crippen LogP contribution is 2.34. The monoisotopic (exact) mass is 394 g/mol. The molecule has 0 bridgehead atoms. The Labute approximate surface area is 166 Å². The molecule has 5 heteroatoms. The molecule has 1 saturated carbocycles. The predicted molar refractivity (Wildman–Crippen MR) is 104 cm³/mol. The SMILES string of the molecule is CC1CCC(CCC2CCC(CCc3ccc(CO)c(F)c3F)OC2=O)CC1. The Morgan fingerprint density at radius 1 is 0.964 bits per heavy atom. The smallest absolute Gasteiger partial charge is 0.309 e. The molecule has 1 aromatic rings. The predicted octanol–water partition coefficient (Wildman–Crippen LogP) is 5.32. The largest absolute Gasteiger partial charge is 0.462 e. The van der Waals surface area contributed by atoms with Gasteiger partial charge in [0.2, 0.25) is 0 Å². The number of aliphatic hydroxyl groups excluding tert-OH is 1. The van der Waals surface area contributed by atoms with Crippen molar-refractivity contribution < 1.29 is 23.4 Å². The van der Waals surface area contributed by atoms with Crippen LogP contribution in [0.15, 0.2) is 12.1 Å². The van der Waals surface area contributed by atoms with Gasteiger partial charge in [-0.25, -0.2) is 8.78 Å². The van der Waals surface area contributed by atoms with Crippen LogP contribution in [0.25, 0.3) is 0 Å². The van der Waals surface area contributed by atoms with E-state index in [0.717, 1.165) is 37.5 Å². The first-order valence-corrected chi connectivity index (χ1v) is 10.7. The van der Waals surface area contributed by atoms with Gasteiger partial charge in [-0.15, -0.1) is 0 Å². The molecule has 1 heterocycles. The fourth-order valence-corrected chi connectivity index (χ4v) is 4.61. The van der Waals surface area contributed by atoms with Gasteiger partial charge < -0.3 is 9.84 Å². The molecule has 156 valence electrons. The van der Waals surface area contributed by atoms with Crippen LogP contribution in [-0.4, -0.2) is 17.2 Å². The first-order valence-electron chi connectivity index (χ1n) is 10.7. The van der Waals surface area contributed by atoms with Crippen molar-refractivity contribution in [3.05, 3.63) is 34.9 Å². The van der Waals surface area contributed by atoms with E-state index in [2.05, 4.69) is 6.92 Å². The van der Waals surface area contributed by atoms with Crippen LogP contribution in [0.2, 0.25) is 0 Å². The number of ether oxygens (including phenoxy) is 1. The normalized spacial score (nSPS) is 28.2. The Bertz CT molecular complexity index is 668. The van der Waals surface area contributed by atoms with E-state index >= 15 is 0 Å². The highest BCUT2D eigenvalue weighted by Gasteiger charge is 2.31. The van der Waals surface area contributed by atoms with E-state index in [9.17, 15) is 13.6 Å². The number of cyclic esters (lactones) is 1. The van der Waals surface area contributed by atoms with Gasteiger partial charge in [0.15, 0.2) is 11.6 Å². The van der Waals surface area contributed by atoms with E-state index in [0.29, 0.717) is 12.8 Å². The minimum atomic E-state index is -0.988. The molecule has 3 rings (SSSR count). The number of carbonyl (C=O) groups is 1. The van der Waals surface area contributed by atoms with Crippen LogP contribution in [0.1, 0.15) is 75.8 Å². The summed E-state index contributed by atoms with van der Waals surface area (Å²) in [6, 6.07) is 2.91. The third-order valence-electron chi connectivity index (χ3n) is 6.66. The van der Waals surface area contributed by atoms with Crippen molar-refractivity contribution in [3.8, 4) is 0 Å². The Hall–Kier alpha value is -1.49. The van der Waals surface area contributed by atoms with E-state index in [1.54, 1.807) is 0 Å². The minimum absolute atomic E-state index is 0.00591. The van der Waals surface area contributed by atoms with Gasteiger partial charge in [0.25, 0.3) is 0 Å². The van der Waals surface area contributed by atoms with Gasteiger partial charge in [-0.3, -0.25) is 4.79 Å². The zero-order chi connectivity index (χ0) is 20.1. The van der Waals surface area contributed by atoms with Crippen LogP contribution >= 0.6 is 0 Å². The fourth-order valence-electron chi connectivity index (χ4n) is 4.61. The van der Waals surface area contributed by atoms with E-state index in [-0.39, 0.29) is 29.1 Å². The van der Waals surface area contributed by atoms with E-state index in [4.69, 9.17) is 9.84 Å². The minimum Gasteiger partial charge on any atom is -0.462 e. The van der Waals surface area contributed by atoms with E-state index in [1.807, 2.05) is 0 Å². The number of hydrogen-bond donors (Lipinski definition) is 1. The molecule has 28 heavy (non-hydrogen) atoms. The molecule has 1 saturated heterocycles. The summed E-state index contributed by atoms with van der Waals surface area (Å²) in [5.41, 5.74) is 0.222. The van der Waals surface area contributed by atoms with Crippen molar-refractivity contribution in [2.24, 2.45) is 17.8 Å². The Morgan fingerprint density at radius 3 is 2.32 bits per heavy atom. The van der Waals surface area contributed by atoms with Crippen molar-refractivity contribution in [1.82, 2.24) is 0 Å². The third-order valence-corrected chi connectivity index (χ3v) is 6.66. The Kier molecular flexibility index (Phi) is 7.44. The quantitative estimate of drug-likeness (QED) is 0.637. The maximum absolute atomic E-state index is 14.0.